The second kappa shape index (κ2) is 28.5. The van der Waals surface area contributed by atoms with Crippen molar-refractivity contribution in [1.82, 2.24) is 57.0 Å². The summed E-state index contributed by atoms with van der Waals surface area (Å²) in [6, 6.07) is 20.0. The van der Waals surface area contributed by atoms with Crippen molar-refractivity contribution in [2.75, 3.05) is 59.0 Å². The smallest absolute Gasteiger partial charge is 0.407 e. The number of nitrogens with zero attached hydrogens (tertiary/aromatic N) is 3. The summed E-state index contributed by atoms with van der Waals surface area (Å²) in [6.45, 7) is 3.08. The average molecular weight is 1110 g/mol. The fourth-order valence-electron chi connectivity index (χ4n) is 11.3. The van der Waals surface area contributed by atoms with E-state index >= 15 is 28.8 Å². The summed E-state index contributed by atoms with van der Waals surface area (Å²) in [5, 5.41) is 21.6. The van der Waals surface area contributed by atoms with E-state index in [4.69, 9.17) is 15.2 Å². The molecule has 3 aromatic carbocycles. The molecule has 7 atom stereocenters. The molecule has 0 radical (unpaired) electrons. The van der Waals surface area contributed by atoms with Crippen LogP contribution in [0.2, 0.25) is 0 Å². The van der Waals surface area contributed by atoms with Crippen LogP contribution >= 0.6 is 0 Å². The van der Waals surface area contributed by atoms with E-state index in [1.165, 1.54) is 24.2 Å². The molecule has 1 aliphatic carbocycles. The van der Waals surface area contributed by atoms with Crippen molar-refractivity contribution >= 4 is 52.4 Å². The molecule has 10 N–H and O–H groups in total. The van der Waals surface area contributed by atoms with Gasteiger partial charge in [0, 0.05) is 101 Å². The Bertz CT molecular complexity index is 2920. The van der Waals surface area contributed by atoms with E-state index in [0.29, 0.717) is 67.6 Å². The largest absolute Gasteiger partial charge is 0.493 e. The highest BCUT2D eigenvalue weighted by Crippen LogP contribution is 2.27. The van der Waals surface area contributed by atoms with Gasteiger partial charge in [-0.15, -0.1) is 0 Å². The molecule has 9 rings (SSSR count). The van der Waals surface area contributed by atoms with E-state index in [2.05, 4.69) is 47.2 Å². The maximum absolute atomic E-state index is 15.4. The molecule has 3 saturated heterocycles. The maximum atomic E-state index is 15.4. The number of pyridine rings is 1. The monoisotopic (exact) mass is 1110 g/mol. The van der Waals surface area contributed by atoms with Crippen molar-refractivity contribution in [3.05, 3.63) is 132 Å². The van der Waals surface area contributed by atoms with Gasteiger partial charge in [0.05, 0.1) is 13.2 Å². The predicted octanol–water partition coefficient (Wildman–Crippen LogP) is 2.18. The number of aromatic amines is 1. The second-order valence-electron chi connectivity index (χ2n) is 21.7. The zero-order valence-electron chi connectivity index (χ0n) is 45.7. The molecule has 5 aromatic rings. The molecule has 0 spiro atoms. The summed E-state index contributed by atoms with van der Waals surface area (Å²) in [5.74, 6) is -2.97. The molecular formula is C60H76N12O9. The minimum atomic E-state index is -1.35. The van der Waals surface area contributed by atoms with Crippen LogP contribution in [0.1, 0.15) is 67.2 Å². The maximum Gasteiger partial charge on any atom is 0.407 e. The fourth-order valence-corrected chi connectivity index (χ4v) is 11.3. The summed E-state index contributed by atoms with van der Waals surface area (Å²) in [6.07, 6.45) is 9.10. The summed E-state index contributed by atoms with van der Waals surface area (Å²) < 4.78 is 12.0. The van der Waals surface area contributed by atoms with Crippen LogP contribution in [-0.2, 0) is 59.2 Å². The molecule has 1 saturated carbocycles. The first kappa shape index (κ1) is 57.8. The number of ether oxygens (including phenoxy) is 2. The lowest BCUT2D eigenvalue weighted by Crippen LogP contribution is -2.63. The first-order chi connectivity index (χ1) is 39.5. The Kier molecular flexibility index (Phi) is 20.3. The summed E-state index contributed by atoms with van der Waals surface area (Å²) >= 11 is 0. The van der Waals surface area contributed by atoms with Gasteiger partial charge in [-0.1, -0.05) is 86.0 Å². The van der Waals surface area contributed by atoms with E-state index in [9.17, 15) is 4.79 Å². The van der Waals surface area contributed by atoms with Crippen molar-refractivity contribution in [3.8, 4) is 5.75 Å². The van der Waals surface area contributed by atoms with Crippen molar-refractivity contribution < 1.29 is 43.0 Å². The fraction of sp³-hybridized carbons (Fsp3) is 0.467. The van der Waals surface area contributed by atoms with E-state index in [-0.39, 0.29) is 58.3 Å². The number of carbonyl (C=O) groups is 7. The molecule has 5 heterocycles. The lowest BCUT2D eigenvalue weighted by atomic mass is 9.90. The highest BCUT2D eigenvalue weighted by Gasteiger charge is 2.45. The molecule has 21 heteroatoms. The molecule has 0 unspecified atom stereocenters. The average Bonchev–Trinajstić information content (AvgIpc) is 4.11. The molecule has 81 heavy (non-hydrogen) atoms. The number of rotatable bonds is 17. The zero-order valence-corrected chi connectivity index (χ0v) is 45.7. The number of alkyl carbamates (subject to hydrolysis) is 1. The SMILES string of the molecule is NCCNC(=O)O[C@@H]1C[C@H]2C(=O)N[C@@H](CCc3ccccc3)C(=O)N[C@H](Cc3c[nH]c4ccccc34)C(=O)N[C@@H](CN3CCNCC3)C(=O)N[C@@H](Cc3ccc(OCC4CCCCC4)cc3)C(=O)N[C@@H](Cc3cccnc3)C(=O)N2C1. The van der Waals surface area contributed by atoms with Gasteiger partial charge < -0.3 is 62.3 Å². The number of amides is 7. The Hall–Kier alpha value is -7.88. The number of H-pyrrole nitrogens is 1. The van der Waals surface area contributed by atoms with Gasteiger partial charge >= 0.3 is 6.09 Å². The van der Waals surface area contributed by atoms with Crippen LogP contribution in [0, 0.1) is 5.92 Å². The third-order valence-corrected chi connectivity index (χ3v) is 15.7. The first-order valence-electron chi connectivity index (χ1n) is 28.6. The quantitative estimate of drug-likeness (QED) is 0.0647. The van der Waals surface area contributed by atoms with Crippen molar-refractivity contribution in [3.63, 3.8) is 0 Å². The molecule has 21 nitrogen and oxygen atoms in total. The summed E-state index contributed by atoms with van der Waals surface area (Å²) in [4.78, 5) is 115. The highest BCUT2D eigenvalue weighted by atomic mass is 16.6. The molecular weight excluding hydrogens is 1030 g/mol. The molecule has 430 valence electrons. The number of nitrogens with two attached hydrogens (primary N) is 1. The number of aromatic nitrogens is 2. The Balaban J connectivity index is 1.10. The van der Waals surface area contributed by atoms with Gasteiger partial charge in [0.1, 0.15) is 48.1 Å². The van der Waals surface area contributed by atoms with Crippen LogP contribution in [0.3, 0.4) is 0 Å². The molecule has 2 aromatic heterocycles. The highest BCUT2D eigenvalue weighted by molar-refractivity contribution is 5.99. The van der Waals surface area contributed by atoms with Gasteiger partial charge in [-0.25, -0.2) is 4.79 Å². The third-order valence-electron chi connectivity index (χ3n) is 15.7. The Labute approximate surface area is 472 Å². The predicted molar refractivity (Wildman–Crippen MR) is 303 cm³/mol. The summed E-state index contributed by atoms with van der Waals surface area (Å²) in [5.41, 5.74) is 9.32. The first-order valence-corrected chi connectivity index (χ1v) is 28.6. The van der Waals surface area contributed by atoms with E-state index in [0.717, 1.165) is 29.3 Å². The number of piperazine rings is 1. The lowest BCUT2D eigenvalue weighted by molar-refractivity contribution is -0.143. The van der Waals surface area contributed by atoms with E-state index in [1.54, 1.807) is 30.7 Å². The summed E-state index contributed by atoms with van der Waals surface area (Å²) in [7, 11) is 0. The van der Waals surface area contributed by atoms with Crippen molar-refractivity contribution in [1.29, 1.82) is 0 Å². The molecule has 3 aliphatic heterocycles. The van der Waals surface area contributed by atoms with Gasteiger partial charge in [-0.05, 0) is 78.1 Å². The molecule has 4 aliphatic rings. The minimum absolute atomic E-state index is 0.0111. The van der Waals surface area contributed by atoms with Crippen LogP contribution in [0.5, 0.6) is 5.75 Å². The second-order valence-corrected chi connectivity index (χ2v) is 21.7. The Morgan fingerprint density at radius 1 is 0.679 bits per heavy atom. The number of fused-ring (bicyclic) bond motifs is 2. The van der Waals surface area contributed by atoms with Crippen LogP contribution in [0.4, 0.5) is 4.79 Å². The van der Waals surface area contributed by atoms with Gasteiger partial charge in [0.2, 0.25) is 35.4 Å². The van der Waals surface area contributed by atoms with Crippen LogP contribution < -0.4 is 47.7 Å². The number of benzene rings is 3. The van der Waals surface area contributed by atoms with Crippen LogP contribution in [0.15, 0.2) is 110 Å². The standard InChI is InChI=1S/C60H76N12O9/c61-23-25-64-60(79)81-45-33-53-58(77)66-48(22-19-39-10-3-1-4-11-39)54(73)68-50(32-43-35-65-47-16-8-7-15-46(43)47)56(75)70-52(37-71-28-26-62-27-29-71)57(76)67-49(30-40-17-20-44(21-18-40)80-38-41-12-5-2-6-13-41)55(74)69-51(59(78)72(53)36-45)31-42-14-9-24-63-34-42/h1,3-4,7-11,14-18,20-21,24,34-35,41,45,48-53,62,65H,2,5-6,12-13,19,22-23,25-33,36-38,61H2,(H,64,79)(H,66,77)(H,67,76)(H,68,73)(H,69,74)(H,70,75)/t45-,48+,49+,50-,51+,52+,53+/m1/s1. The zero-order chi connectivity index (χ0) is 56.5. The topological polar surface area (TPSA) is 283 Å². The van der Waals surface area contributed by atoms with Gasteiger partial charge in [0.15, 0.2) is 0 Å². The van der Waals surface area contributed by atoms with Crippen molar-refractivity contribution in [2.24, 2.45) is 11.7 Å². The van der Waals surface area contributed by atoms with Gasteiger partial charge in [-0.3, -0.25) is 38.7 Å². The number of aryl methyl sites for hydroxylation is 1. The number of carbonyl (C=O) groups excluding carboxylic acids is 7. The van der Waals surface area contributed by atoms with Gasteiger partial charge in [0.25, 0.3) is 0 Å². The van der Waals surface area contributed by atoms with Crippen molar-refractivity contribution in [2.45, 2.75) is 113 Å². The van der Waals surface area contributed by atoms with E-state index in [1.807, 2.05) is 83.8 Å². The number of para-hydroxylation sites is 1. The van der Waals surface area contributed by atoms with Gasteiger partial charge in [-0.2, -0.15) is 0 Å². The van der Waals surface area contributed by atoms with Crippen LogP contribution in [-0.4, -0.2) is 163 Å². The Morgan fingerprint density at radius 2 is 1.33 bits per heavy atom. The van der Waals surface area contributed by atoms with E-state index < -0.39 is 83.9 Å². The molecule has 0 bridgehead atoms. The molecule has 4 fully saturated rings. The Morgan fingerprint density at radius 3 is 2.07 bits per heavy atom. The third kappa shape index (κ3) is 16.2. The molecule has 7 amide bonds. The number of hydrogen-bond acceptors (Lipinski definition) is 13. The lowest BCUT2D eigenvalue weighted by Gasteiger charge is -2.33. The van der Waals surface area contributed by atoms with Crippen LogP contribution in [0.25, 0.3) is 10.9 Å². The normalized spacial score (nSPS) is 23.9. The minimum Gasteiger partial charge on any atom is -0.493 e. The number of hydrogen-bond donors (Lipinski definition) is 9. The number of nitrogens with one attached hydrogen (secondary N) is 8.